The lowest BCUT2D eigenvalue weighted by Gasteiger charge is -2.52. The minimum Gasteiger partial charge on any atom is -0.463 e. The van der Waals surface area contributed by atoms with E-state index in [1.807, 2.05) is 5.06 Å². The van der Waals surface area contributed by atoms with Crippen LogP contribution in [0.5, 0.6) is 0 Å². The number of halogens is 1. The number of piperidine rings is 1. The third-order valence-electron chi connectivity index (χ3n) is 4.59. The number of rotatable bonds is 5. The minimum atomic E-state index is -0.467. The van der Waals surface area contributed by atoms with Gasteiger partial charge in [0.1, 0.15) is 18.5 Å². The summed E-state index contributed by atoms with van der Waals surface area (Å²) in [4.78, 5) is 17.6. The average Bonchev–Trinajstić information content (AvgIpc) is 2.46. The van der Waals surface area contributed by atoms with Crippen LogP contribution in [0.1, 0.15) is 65.5 Å². The number of hydroxylamine groups is 2. The van der Waals surface area contributed by atoms with E-state index in [-0.39, 0.29) is 29.5 Å². The summed E-state index contributed by atoms with van der Waals surface area (Å²) in [5.41, 5.74) is 0.529. The van der Waals surface area contributed by atoms with Gasteiger partial charge in [-0.25, -0.2) is 4.39 Å². The number of hydrogen-bond acceptors (Lipinski definition) is 4. The molecule has 0 amide bonds. The molecule has 1 aromatic rings. The lowest BCUT2D eigenvalue weighted by molar-refractivity contribution is -0.311. The summed E-state index contributed by atoms with van der Waals surface area (Å²) >= 11 is 0. The molecule has 1 saturated heterocycles. The molecular formula is C19H28FNO3. The van der Waals surface area contributed by atoms with Crippen molar-refractivity contribution in [2.45, 2.75) is 71.1 Å². The van der Waals surface area contributed by atoms with Crippen molar-refractivity contribution >= 4 is 5.97 Å². The van der Waals surface area contributed by atoms with Crippen LogP contribution in [-0.4, -0.2) is 28.7 Å². The predicted molar refractivity (Wildman–Crippen MR) is 90.7 cm³/mol. The fourth-order valence-corrected chi connectivity index (χ4v) is 3.45. The first-order valence-corrected chi connectivity index (χ1v) is 8.48. The van der Waals surface area contributed by atoms with Crippen LogP contribution < -0.4 is 0 Å². The van der Waals surface area contributed by atoms with Gasteiger partial charge in [-0.1, -0.05) is 12.1 Å². The summed E-state index contributed by atoms with van der Waals surface area (Å²) in [7, 11) is 0. The Balaban J connectivity index is 2.25. The molecule has 0 N–H and O–H groups in total. The number of carbonyl (C=O) groups excluding carboxylic acids is 1. The van der Waals surface area contributed by atoms with Crippen molar-refractivity contribution in [2.75, 3.05) is 6.61 Å². The molecule has 1 fully saturated rings. The molecule has 0 aromatic heterocycles. The smallest absolute Gasteiger partial charge is 0.302 e. The zero-order chi connectivity index (χ0) is 18.0. The van der Waals surface area contributed by atoms with Crippen LogP contribution >= 0.6 is 0 Å². The van der Waals surface area contributed by atoms with E-state index in [0.717, 1.165) is 24.8 Å². The van der Waals surface area contributed by atoms with Crippen LogP contribution in [0.15, 0.2) is 24.3 Å². The van der Waals surface area contributed by atoms with Gasteiger partial charge in [0.2, 0.25) is 0 Å². The summed E-state index contributed by atoms with van der Waals surface area (Å²) < 4.78 is 18.4. The number of esters is 1. The monoisotopic (exact) mass is 337 g/mol. The maximum absolute atomic E-state index is 13.2. The number of hydrogen-bond donors (Lipinski definition) is 0. The largest absolute Gasteiger partial charge is 0.463 e. The van der Waals surface area contributed by atoms with E-state index in [4.69, 9.17) is 9.57 Å². The average molecular weight is 337 g/mol. The molecule has 24 heavy (non-hydrogen) atoms. The van der Waals surface area contributed by atoms with Gasteiger partial charge in [0, 0.05) is 18.0 Å². The van der Waals surface area contributed by atoms with E-state index in [9.17, 15) is 9.18 Å². The normalized spacial score (nSPS) is 21.2. The fourth-order valence-electron chi connectivity index (χ4n) is 3.45. The highest BCUT2D eigenvalue weighted by atomic mass is 19.1. The van der Waals surface area contributed by atoms with Crippen molar-refractivity contribution in [2.24, 2.45) is 0 Å². The fraction of sp³-hybridized carbons (Fsp3) is 0.632. The highest BCUT2D eigenvalue weighted by molar-refractivity contribution is 5.65. The molecule has 1 heterocycles. The van der Waals surface area contributed by atoms with Gasteiger partial charge in [0.15, 0.2) is 0 Å². The molecule has 2 rings (SSSR count). The second-order valence-corrected chi connectivity index (χ2v) is 7.72. The number of ether oxygens (including phenoxy) is 1. The Morgan fingerprint density at radius 1 is 1.17 bits per heavy atom. The quantitative estimate of drug-likeness (QED) is 0.746. The molecule has 134 valence electrons. The maximum atomic E-state index is 13.2. The molecule has 1 unspecified atom stereocenters. The van der Waals surface area contributed by atoms with E-state index in [1.165, 1.54) is 19.1 Å². The molecule has 0 bridgehead atoms. The SMILES string of the molecule is CC(=O)OCC(ON1C(C)(C)CCCC1(C)C)c1ccc(F)cc1. The summed E-state index contributed by atoms with van der Waals surface area (Å²) in [5, 5.41) is 2.03. The van der Waals surface area contributed by atoms with E-state index >= 15 is 0 Å². The van der Waals surface area contributed by atoms with Crippen molar-refractivity contribution in [1.29, 1.82) is 0 Å². The van der Waals surface area contributed by atoms with Gasteiger partial charge < -0.3 is 4.74 Å². The van der Waals surface area contributed by atoms with E-state index in [1.54, 1.807) is 12.1 Å². The first kappa shape index (κ1) is 18.9. The topological polar surface area (TPSA) is 38.8 Å². The predicted octanol–water partition coefficient (Wildman–Crippen LogP) is 4.40. The van der Waals surface area contributed by atoms with E-state index in [0.29, 0.717) is 0 Å². The van der Waals surface area contributed by atoms with Crippen molar-refractivity contribution in [1.82, 2.24) is 5.06 Å². The molecule has 0 saturated carbocycles. The van der Waals surface area contributed by atoms with Gasteiger partial charge in [-0.05, 0) is 64.7 Å². The third kappa shape index (κ3) is 4.54. The highest BCUT2D eigenvalue weighted by Crippen LogP contribution is 2.40. The standard InChI is InChI=1S/C19H28FNO3/c1-14(22)23-13-17(15-7-9-16(20)10-8-15)24-21-18(2,3)11-6-12-19(21,4)5/h7-10,17H,6,11-13H2,1-5H3. The summed E-state index contributed by atoms with van der Waals surface area (Å²) in [6.45, 7) is 10.1. The zero-order valence-corrected chi connectivity index (χ0v) is 15.3. The number of carbonyl (C=O) groups is 1. The first-order chi connectivity index (χ1) is 11.1. The van der Waals surface area contributed by atoms with Crippen molar-refractivity contribution in [3.8, 4) is 0 Å². The molecule has 1 aliphatic rings. The lowest BCUT2D eigenvalue weighted by Crippen LogP contribution is -2.58. The van der Waals surface area contributed by atoms with Crippen molar-refractivity contribution in [3.05, 3.63) is 35.6 Å². The van der Waals surface area contributed by atoms with Crippen molar-refractivity contribution < 1.29 is 18.8 Å². The Morgan fingerprint density at radius 3 is 2.21 bits per heavy atom. The maximum Gasteiger partial charge on any atom is 0.302 e. The van der Waals surface area contributed by atoms with Gasteiger partial charge in [0.05, 0.1) is 0 Å². The molecule has 0 radical (unpaired) electrons. The van der Waals surface area contributed by atoms with Crippen LogP contribution in [-0.2, 0) is 14.4 Å². The Bertz CT molecular complexity index is 552. The zero-order valence-electron chi connectivity index (χ0n) is 15.3. The third-order valence-corrected chi connectivity index (χ3v) is 4.59. The van der Waals surface area contributed by atoms with Gasteiger partial charge in [-0.15, -0.1) is 0 Å². The van der Waals surface area contributed by atoms with E-state index < -0.39 is 6.10 Å². The van der Waals surface area contributed by atoms with Gasteiger partial charge in [0.25, 0.3) is 0 Å². The minimum absolute atomic E-state index is 0.101. The summed E-state index contributed by atoms with van der Waals surface area (Å²) in [5.74, 6) is -0.661. The molecule has 0 spiro atoms. The Morgan fingerprint density at radius 2 is 1.71 bits per heavy atom. The van der Waals surface area contributed by atoms with Crippen LogP contribution in [0, 0.1) is 5.82 Å². The number of nitrogens with zero attached hydrogens (tertiary/aromatic N) is 1. The highest BCUT2D eigenvalue weighted by Gasteiger charge is 2.43. The Hall–Kier alpha value is -1.46. The Labute approximate surface area is 143 Å². The molecular weight excluding hydrogens is 309 g/mol. The second-order valence-electron chi connectivity index (χ2n) is 7.72. The summed E-state index contributed by atoms with van der Waals surface area (Å²) in [6, 6.07) is 6.14. The molecule has 1 aliphatic heterocycles. The first-order valence-electron chi connectivity index (χ1n) is 8.48. The molecule has 4 nitrogen and oxygen atoms in total. The van der Waals surface area contributed by atoms with Crippen molar-refractivity contribution in [3.63, 3.8) is 0 Å². The number of benzene rings is 1. The molecule has 1 aromatic carbocycles. The second kappa shape index (κ2) is 7.19. The Kier molecular flexibility index (Phi) is 5.66. The van der Waals surface area contributed by atoms with Gasteiger partial charge >= 0.3 is 5.97 Å². The van der Waals surface area contributed by atoms with Gasteiger partial charge in [-0.3, -0.25) is 9.63 Å². The van der Waals surface area contributed by atoms with Crippen LogP contribution in [0.25, 0.3) is 0 Å². The molecule has 5 heteroatoms. The lowest BCUT2D eigenvalue weighted by atomic mass is 9.82. The molecule has 1 atom stereocenters. The van der Waals surface area contributed by atoms with Crippen LogP contribution in [0.2, 0.25) is 0 Å². The van der Waals surface area contributed by atoms with Crippen LogP contribution in [0.3, 0.4) is 0 Å². The van der Waals surface area contributed by atoms with Crippen LogP contribution in [0.4, 0.5) is 4.39 Å². The van der Waals surface area contributed by atoms with E-state index in [2.05, 4.69) is 27.7 Å². The van der Waals surface area contributed by atoms with Gasteiger partial charge in [-0.2, -0.15) is 5.06 Å². The summed E-state index contributed by atoms with van der Waals surface area (Å²) in [6.07, 6.45) is 2.73. The molecule has 0 aliphatic carbocycles.